The minimum atomic E-state index is -0.519. The molecule has 2 amide bonds. The third kappa shape index (κ3) is 4.23. The van der Waals surface area contributed by atoms with Crippen molar-refractivity contribution >= 4 is 29.1 Å². The summed E-state index contributed by atoms with van der Waals surface area (Å²) in [6.07, 6.45) is 1.08. The van der Waals surface area contributed by atoms with Gasteiger partial charge >= 0.3 is 0 Å². The van der Waals surface area contributed by atoms with Crippen molar-refractivity contribution in [1.29, 1.82) is 0 Å². The van der Waals surface area contributed by atoms with Crippen molar-refractivity contribution in [1.82, 2.24) is 5.32 Å². The van der Waals surface area contributed by atoms with E-state index >= 15 is 0 Å². The van der Waals surface area contributed by atoms with E-state index in [0.29, 0.717) is 23.9 Å². The fourth-order valence-electron chi connectivity index (χ4n) is 2.82. The van der Waals surface area contributed by atoms with Crippen molar-refractivity contribution in [2.75, 3.05) is 11.5 Å². The van der Waals surface area contributed by atoms with Crippen LogP contribution in [0.5, 0.6) is 5.75 Å². The lowest BCUT2D eigenvalue weighted by atomic mass is 10.2. The van der Waals surface area contributed by atoms with Crippen LogP contribution in [-0.2, 0) is 16.1 Å². The van der Waals surface area contributed by atoms with Gasteiger partial charge in [-0.25, -0.2) is 4.90 Å². The molecule has 1 heterocycles. The second kappa shape index (κ2) is 8.34. The third-order valence-corrected chi connectivity index (χ3v) is 4.43. The number of nitrogens with zero attached hydrogens (tertiary/aromatic N) is 1. The molecule has 5 nitrogen and oxygen atoms in total. The molecule has 1 N–H and O–H groups in total. The van der Waals surface area contributed by atoms with E-state index in [1.807, 2.05) is 19.1 Å². The molecule has 0 aliphatic carbocycles. The maximum absolute atomic E-state index is 12.6. The number of ether oxygens (including phenoxy) is 1. The number of rotatable bonds is 7. The van der Waals surface area contributed by atoms with Gasteiger partial charge in [0.2, 0.25) is 5.91 Å². The largest absolute Gasteiger partial charge is 0.494 e. The van der Waals surface area contributed by atoms with Crippen molar-refractivity contribution in [3.63, 3.8) is 0 Å². The van der Waals surface area contributed by atoms with Crippen molar-refractivity contribution in [2.24, 2.45) is 0 Å². The van der Waals surface area contributed by atoms with Gasteiger partial charge in [0.05, 0.1) is 24.8 Å². The summed E-state index contributed by atoms with van der Waals surface area (Å²) in [5.74, 6) is 0.295. The number of nitrogens with one attached hydrogen (secondary N) is 1. The first-order chi connectivity index (χ1) is 12.6. The highest BCUT2D eigenvalue weighted by atomic mass is 35.5. The monoisotopic (exact) mass is 372 g/mol. The minimum absolute atomic E-state index is 0.153. The average Bonchev–Trinajstić information content (AvgIpc) is 2.93. The number of benzene rings is 2. The summed E-state index contributed by atoms with van der Waals surface area (Å²) in [5, 5.41) is 3.82. The highest BCUT2D eigenvalue weighted by Gasteiger charge is 2.39. The van der Waals surface area contributed by atoms with Gasteiger partial charge < -0.3 is 10.1 Å². The first kappa shape index (κ1) is 18.4. The van der Waals surface area contributed by atoms with Gasteiger partial charge in [-0.3, -0.25) is 9.59 Å². The number of carbonyl (C=O) groups is 2. The molecule has 0 bridgehead atoms. The zero-order valence-corrected chi connectivity index (χ0v) is 15.3. The molecule has 1 saturated heterocycles. The Hall–Kier alpha value is -2.37. The average molecular weight is 373 g/mol. The van der Waals surface area contributed by atoms with E-state index in [2.05, 4.69) is 5.32 Å². The fraction of sp³-hybridized carbons (Fsp3) is 0.300. The molecule has 0 spiro atoms. The zero-order chi connectivity index (χ0) is 18.5. The second-order valence-electron chi connectivity index (χ2n) is 6.17. The summed E-state index contributed by atoms with van der Waals surface area (Å²) in [7, 11) is 0. The second-order valence-corrected chi connectivity index (χ2v) is 6.61. The Morgan fingerprint density at radius 3 is 2.46 bits per heavy atom. The van der Waals surface area contributed by atoms with Gasteiger partial charge in [-0.15, -0.1) is 0 Å². The molecule has 2 aromatic carbocycles. The lowest BCUT2D eigenvalue weighted by molar-refractivity contribution is -0.121. The Morgan fingerprint density at radius 2 is 1.81 bits per heavy atom. The van der Waals surface area contributed by atoms with Crippen molar-refractivity contribution in [3.05, 3.63) is 59.1 Å². The van der Waals surface area contributed by atoms with Crippen LogP contribution in [0.4, 0.5) is 5.69 Å². The molecule has 6 heteroatoms. The molecular formula is C20H21ClN2O3. The van der Waals surface area contributed by atoms with Crippen LogP contribution in [0, 0.1) is 0 Å². The molecule has 0 aromatic heterocycles. The van der Waals surface area contributed by atoms with Crippen molar-refractivity contribution < 1.29 is 14.3 Å². The van der Waals surface area contributed by atoms with Gasteiger partial charge in [0.25, 0.3) is 5.91 Å². The van der Waals surface area contributed by atoms with Crippen LogP contribution in [0.1, 0.15) is 25.3 Å². The number of amides is 2. The predicted molar refractivity (Wildman–Crippen MR) is 101 cm³/mol. The molecule has 3 rings (SSSR count). The van der Waals surface area contributed by atoms with Crippen LogP contribution in [0.2, 0.25) is 5.02 Å². The summed E-state index contributed by atoms with van der Waals surface area (Å²) < 4.78 is 5.53. The lowest BCUT2D eigenvalue weighted by Crippen LogP contribution is -2.38. The Balaban J connectivity index is 1.63. The predicted octanol–water partition coefficient (Wildman–Crippen LogP) is 3.55. The quantitative estimate of drug-likeness (QED) is 0.755. The third-order valence-electron chi connectivity index (χ3n) is 4.18. The lowest BCUT2D eigenvalue weighted by Gasteiger charge is -2.16. The van der Waals surface area contributed by atoms with Gasteiger partial charge in [-0.1, -0.05) is 30.7 Å². The van der Waals surface area contributed by atoms with E-state index < -0.39 is 6.04 Å². The summed E-state index contributed by atoms with van der Waals surface area (Å²) >= 11 is 5.87. The van der Waals surface area contributed by atoms with Crippen LogP contribution in [-0.4, -0.2) is 24.5 Å². The van der Waals surface area contributed by atoms with Crippen LogP contribution in [0.15, 0.2) is 48.5 Å². The summed E-state index contributed by atoms with van der Waals surface area (Å²) in [5.41, 5.74) is 1.57. The van der Waals surface area contributed by atoms with Crippen LogP contribution < -0.4 is 15.0 Å². The number of hydrogen-bond acceptors (Lipinski definition) is 4. The number of hydrogen-bond donors (Lipinski definition) is 1. The van der Waals surface area contributed by atoms with Gasteiger partial charge in [0, 0.05) is 11.6 Å². The molecule has 1 aliphatic rings. The Labute approximate surface area is 157 Å². The van der Waals surface area contributed by atoms with Gasteiger partial charge in [-0.05, 0) is 48.4 Å². The maximum atomic E-state index is 12.6. The van der Waals surface area contributed by atoms with Gasteiger partial charge in [0.1, 0.15) is 5.75 Å². The molecule has 2 aromatic rings. The van der Waals surface area contributed by atoms with Crippen LogP contribution in [0.25, 0.3) is 0 Å². The standard InChI is InChI=1S/C20H21ClN2O3/c1-2-11-26-17-9-7-16(8-10-17)23-19(24)12-18(20(23)25)22-13-14-3-5-15(21)6-4-14/h3-10,18,22H,2,11-13H2,1H3/t18-/m0/s1. The van der Waals surface area contributed by atoms with E-state index in [1.54, 1.807) is 36.4 Å². The Bertz CT molecular complexity index is 775. The highest BCUT2D eigenvalue weighted by Crippen LogP contribution is 2.25. The Morgan fingerprint density at radius 1 is 1.12 bits per heavy atom. The molecular weight excluding hydrogens is 352 g/mol. The van der Waals surface area contributed by atoms with E-state index in [4.69, 9.17) is 16.3 Å². The highest BCUT2D eigenvalue weighted by molar-refractivity contribution is 6.30. The molecule has 136 valence electrons. The maximum Gasteiger partial charge on any atom is 0.251 e. The molecule has 0 saturated carbocycles. The van der Waals surface area contributed by atoms with Crippen LogP contribution in [0.3, 0.4) is 0 Å². The molecule has 26 heavy (non-hydrogen) atoms. The van der Waals surface area contributed by atoms with Crippen molar-refractivity contribution in [2.45, 2.75) is 32.4 Å². The first-order valence-electron chi connectivity index (χ1n) is 8.66. The molecule has 0 unspecified atom stereocenters. The van der Waals surface area contributed by atoms with E-state index in [0.717, 1.165) is 17.7 Å². The molecule has 1 atom stereocenters. The van der Waals surface area contributed by atoms with Crippen LogP contribution >= 0.6 is 11.6 Å². The number of halogens is 1. The molecule has 0 radical (unpaired) electrons. The van der Waals surface area contributed by atoms with E-state index in [-0.39, 0.29) is 18.2 Å². The van der Waals surface area contributed by atoms with E-state index in [9.17, 15) is 9.59 Å². The summed E-state index contributed by atoms with van der Waals surface area (Å²) in [4.78, 5) is 26.2. The van der Waals surface area contributed by atoms with Gasteiger partial charge in [0.15, 0.2) is 0 Å². The summed E-state index contributed by atoms with van der Waals surface area (Å²) in [6, 6.07) is 13.9. The summed E-state index contributed by atoms with van der Waals surface area (Å²) in [6.45, 7) is 3.17. The Kier molecular flexibility index (Phi) is 5.91. The molecule has 1 fully saturated rings. The minimum Gasteiger partial charge on any atom is -0.494 e. The first-order valence-corrected chi connectivity index (χ1v) is 9.03. The van der Waals surface area contributed by atoms with Gasteiger partial charge in [-0.2, -0.15) is 0 Å². The zero-order valence-electron chi connectivity index (χ0n) is 14.6. The topological polar surface area (TPSA) is 58.6 Å². The fourth-order valence-corrected chi connectivity index (χ4v) is 2.94. The van der Waals surface area contributed by atoms with Crippen molar-refractivity contribution in [3.8, 4) is 5.75 Å². The SMILES string of the molecule is CCCOc1ccc(N2C(=O)C[C@H](NCc3ccc(Cl)cc3)C2=O)cc1. The normalized spacial score (nSPS) is 17.0. The molecule has 1 aliphatic heterocycles. The van der Waals surface area contributed by atoms with E-state index in [1.165, 1.54) is 4.90 Å². The number of anilines is 1. The number of imide groups is 1. The smallest absolute Gasteiger partial charge is 0.251 e. The number of carbonyl (C=O) groups excluding carboxylic acids is 2.